The Labute approximate surface area is 127 Å². The third-order valence-electron chi connectivity index (χ3n) is 3.18. The van der Waals surface area contributed by atoms with Crippen LogP contribution in [-0.4, -0.2) is 11.5 Å². The van der Waals surface area contributed by atoms with Gasteiger partial charge in [-0.2, -0.15) is 0 Å². The number of rotatable bonds is 5. The number of aromatic nitrogens is 1. The molecule has 0 spiro atoms. The molecular formula is C16H18BrFN2. The minimum Gasteiger partial charge on any atom is -0.306 e. The van der Waals surface area contributed by atoms with Crippen molar-refractivity contribution in [3.63, 3.8) is 0 Å². The highest BCUT2D eigenvalue weighted by Gasteiger charge is 2.19. The van der Waals surface area contributed by atoms with Gasteiger partial charge in [-0.25, -0.2) is 4.39 Å². The van der Waals surface area contributed by atoms with Crippen LogP contribution in [0.5, 0.6) is 0 Å². The van der Waals surface area contributed by atoms with Gasteiger partial charge in [-0.1, -0.05) is 35.0 Å². The van der Waals surface area contributed by atoms with E-state index in [9.17, 15) is 4.39 Å². The second-order valence-corrected chi connectivity index (χ2v) is 5.66. The minimum absolute atomic E-state index is 0.173. The van der Waals surface area contributed by atoms with Crippen molar-refractivity contribution in [2.24, 2.45) is 0 Å². The van der Waals surface area contributed by atoms with Crippen LogP contribution in [0.4, 0.5) is 4.39 Å². The van der Waals surface area contributed by atoms with Crippen molar-refractivity contribution in [3.05, 3.63) is 63.6 Å². The molecule has 0 fully saturated rings. The summed E-state index contributed by atoms with van der Waals surface area (Å²) < 4.78 is 15.0. The van der Waals surface area contributed by atoms with Crippen molar-refractivity contribution < 1.29 is 4.39 Å². The highest BCUT2D eigenvalue weighted by molar-refractivity contribution is 9.10. The zero-order valence-corrected chi connectivity index (χ0v) is 13.2. The Balaban J connectivity index is 2.44. The Bertz CT molecular complexity index is 586. The predicted molar refractivity (Wildman–Crippen MR) is 83.2 cm³/mol. The normalized spacial score (nSPS) is 12.4. The summed E-state index contributed by atoms with van der Waals surface area (Å²) >= 11 is 3.58. The minimum atomic E-state index is -0.284. The quantitative estimate of drug-likeness (QED) is 0.876. The monoisotopic (exact) mass is 336 g/mol. The molecule has 1 aromatic heterocycles. The van der Waals surface area contributed by atoms with Crippen molar-refractivity contribution in [1.82, 2.24) is 10.3 Å². The third kappa shape index (κ3) is 3.44. The maximum atomic E-state index is 14.0. The number of nitrogens with zero attached hydrogens (tertiary/aromatic N) is 1. The second-order valence-electron chi connectivity index (χ2n) is 4.81. The molecule has 2 rings (SSSR count). The molecule has 1 aromatic carbocycles. The zero-order chi connectivity index (χ0) is 14.5. The Morgan fingerprint density at radius 3 is 2.75 bits per heavy atom. The molecule has 20 heavy (non-hydrogen) atoms. The molecule has 2 aromatic rings. The Hall–Kier alpha value is -1.26. The van der Waals surface area contributed by atoms with Gasteiger partial charge >= 0.3 is 0 Å². The van der Waals surface area contributed by atoms with E-state index in [1.807, 2.05) is 19.1 Å². The highest BCUT2D eigenvalue weighted by Crippen LogP contribution is 2.30. The molecule has 0 aliphatic carbocycles. The Morgan fingerprint density at radius 2 is 2.10 bits per heavy atom. The van der Waals surface area contributed by atoms with Crippen LogP contribution < -0.4 is 5.32 Å². The molecular weight excluding hydrogens is 319 g/mol. The summed E-state index contributed by atoms with van der Waals surface area (Å²) in [5.74, 6) is -0.284. The summed E-state index contributed by atoms with van der Waals surface area (Å²) in [4.78, 5) is 3.82. The summed E-state index contributed by atoms with van der Waals surface area (Å²) in [5.41, 5.74) is 2.83. The predicted octanol–water partition coefficient (Wildman–Crippen LogP) is 4.38. The number of pyridine rings is 1. The van der Waals surface area contributed by atoms with Crippen LogP contribution in [0.2, 0.25) is 0 Å². The van der Waals surface area contributed by atoms with Crippen LogP contribution in [0.3, 0.4) is 0 Å². The first-order valence-corrected chi connectivity index (χ1v) is 7.51. The first kappa shape index (κ1) is 15.1. The largest absolute Gasteiger partial charge is 0.306 e. The van der Waals surface area contributed by atoms with E-state index in [-0.39, 0.29) is 11.9 Å². The van der Waals surface area contributed by atoms with Crippen LogP contribution in [-0.2, 0) is 0 Å². The van der Waals surface area contributed by atoms with Gasteiger partial charge in [-0.3, -0.25) is 4.98 Å². The molecule has 0 bridgehead atoms. The van der Waals surface area contributed by atoms with E-state index < -0.39 is 0 Å². The fraction of sp³-hybridized carbons (Fsp3) is 0.312. The molecule has 1 unspecified atom stereocenters. The van der Waals surface area contributed by atoms with Gasteiger partial charge < -0.3 is 5.32 Å². The highest BCUT2D eigenvalue weighted by atomic mass is 79.9. The van der Waals surface area contributed by atoms with E-state index in [4.69, 9.17) is 0 Å². The van der Waals surface area contributed by atoms with Gasteiger partial charge in [0.25, 0.3) is 0 Å². The van der Waals surface area contributed by atoms with Gasteiger partial charge in [0.05, 0.1) is 12.2 Å². The topological polar surface area (TPSA) is 24.9 Å². The molecule has 0 amide bonds. The molecule has 0 saturated heterocycles. The lowest BCUT2D eigenvalue weighted by molar-refractivity contribution is 0.542. The van der Waals surface area contributed by atoms with Crippen molar-refractivity contribution in [2.75, 3.05) is 6.54 Å². The van der Waals surface area contributed by atoms with Crippen molar-refractivity contribution >= 4 is 15.9 Å². The van der Waals surface area contributed by atoms with Gasteiger partial charge in [-0.15, -0.1) is 0 Å². The number of hydrogen-bond acceptors (Lipinski definition) is 2. The maximum absolute atomic E-state index is 14.0. The Kier molecular flexibility index (Phi) is 5.26. The van der Waals surface area contributed by atoms with Crippen LogP contribution in [0, 0.1) is 12.7 Å². The van der Waals surface area contributed by atoms with Crippen LogP contribution in [0.15, 0.2) is 41.1 Å². The van der Waals surface area contributed by atoms with Crippen LogP contribution >= 0.6 is 15.9 Å². The summed E-state index contributed by atoms with van der Waals surface area (Å²) in [6.45, 7) is 4.96. The molecule has 1 N–H and O–H groups in total. The van der Waals surface area contributed by atoms with E-state index >= 15 is 0 Å². The number of hydrogen-bond donors (Lipinski definition) is 1. The molecule has 0 radical (unpaired) electrons. The molecule has 0 aliphatic heterocycles. The van der Waals surface area contributed by atoms with Crippen molar-refractivity contribution in [3.8, 4) is 0 Å². The number of nitrogens with one attached hydrogen (secondary N) is 1. The lowest BCUT2D eigenvalue weighted by atomic mass is 9.98. The van der Waals surface area contributed by atoms with Gasteiger partial charge in [0.2, 0.25) is 0 Å². The lowest BCUT2D eigenvalue weighted by Crippen LogP contribution is -2.24. The first-order chi connectivity index (χ1) is 9.63. The van der Waals surface area contributed by atoms with Gasteiger partial charge in [-0.05, 0) is 43.1 Å². The average molecular weight is 337 g/mol. The Morgan fingerprint density at radius 1 is 1.30 bits per heavy atom. The van der Waals surface area contributed by atoms with Crippen molar-refractivity contribution in [1.29, 1.82) is 0 Å². The van der Waals surface area contributed by atoms with E-state index in [1.54, 1.807) is 12.3 Å². The SMILES string of the molecule is CCCNC(c1ccncc1F)c1ccc(C)cc1Br. The van der Waals surface area contributed by atoms with E-state index in [1.165, 1.54) is 11.8 Å². The lowest BCUT2D eigenvalue weighted by Gasteiger charge is -2.21. The van der Waals surface area contributed by atoms with Crippen molar-refractivity contribution in [2.45, 2.75) is 26.3 Å². The summed E-state index contributed by atoms with van der Waals surface area (Å²) in [5, 5.41) is 3.41. The second kappa shape index (κ2) is 6.95. The maximum Gasteiger partial charge on any atom is 0.146 e. The molecule has 106 valence electrons. The molecule has 1 heterocycles. The molecule has 2 nitrogen and oxygen atoms in total. The van der Waals surface area contributed by atoms with Crippen LogP contribution in [0.25, 0.3) is 0 Å². The fourth-order valence-electron chi connectivity index (χ4n) is 2.16. The zero-order valence-electron chi connectivity index (χ0n) is 11.7. The molecule has 4 heteroatoms. The third-order valence-corrected chi connectivity index (χ3v) is 3.87. The molecule has 0 saturated carbocycles. The first-order valence-electron chi connectivity index (χ1n) is 6.72. The van der Waals surface area contributed by atoms with E-state index in [2.05, 4.69) is 39.2 Å². The summed E-state index contributed by atoms with van der Waals surface area (Å²) in [6.07, 6.45) is 3.88. The molecule has 0 aliphatic rings. The van der Waals surface area contributed by atoms with Gasteiger partial charge in [0, 0.05) is 16.2 Å². The summed E-state index contributed by atoms with van der Waals surface area (Å²) in [7, 11) is 0. The van der Waals surface area contributed by atoms with Crippen LogP contribution in [0.1, 0.15) is 36.1 Å². The number of halogens is 2. The van der Waals surface area contributed by atoms with Gasteiger partial charge in [0.1, 0.15) is 5.82 Å². The standard InChI is InChI=1S/C16H18BrFN2/c1-3-7-20-16(13-6-8-19-10-15(13)18)12-5-4-11(2)9-14(12)17/h4-6,8-10,16,20H,3,7H2,1-2H3. The number of benzene rings is 1. The van der Waals surface area contributed by atoms with Gasteiger partial charge in [0.15, 0.2) is 0 Å². The van der Waals surface area contributed by atoms with E-state index in [0.717, 1.165) is 23.0 Å². The average Bonchev–Trinajstić information content (AvgIpc) is 2.42. The van der Waals surface area contributed by atoms with E-state index in [0.29, 0.717) is 5.56 Å². The smallest absolute Gasteiger partial charge is 0.146 e. The number of aryl methyl sites for hydroxylation is 1. The summed E-state index contributed by atoms with van der Waals surface area (Å²) in [6, 6.07) is 7.68. The fourth-order valence-corrected chi connectivity index (χ4v) is 2.88. The molecule has 1 atom stereocenters.